The molecule has 0 aliphatic carbocycles. The molecular weight excluding hydrogens is 361 g/mol. The largest absolute Gasteiger partial charge is 0.294 e. The first kappa shape index (κ1) is 16.6. The Labute approximate surface area is 132 Å². The number of rotatable bonds is 4. The van der Waals surface area contributed by atoms with Crippen LogP contribution in [-0.2, 0) is 10.0 Å². The number of carbonyl (C=O) groups excluding carboxylic acids is 1. The van der Waals surface area contributed by atoms with E-state index in [0.29, 0.717) is 18.7 Å². The van der Waals surface area contributed by atoms with Crippen LogP contribution in [-0.4, -0.2) is 37.9 Å². The molecule has 7 heteroatoms. The second kappa shape index (κ2) is 6.54. The zero-order valence-corrected chi connectivity index (χ0v) is 14.1. The summed E-state index contributed by atoms with van der Waals surface area (Å²) in [4.78, 5) is 12.2. The van der Waals surface area contributed by atoms with Crippen LogP contribution in [0.3, 0.4) is 0 Å². The molecule has 0 radical (unpaired) electrons. The van der Waals surface area contributed by atoms with Gasteiger partial charge < -0.3 is 0 Å². The van der Waals surface area contributed by atoms with E-state index in [-0.39, 0.29) is 22.6 Å². The van der Waals surface area contributed by atoms with Crippen LogP contribution in [0.1, 0.15) is 29.6 Å². The minimum Gasteiger partial charge on any atom is -0.294 e. The minimum atomic E-state index is -3.21. The molecule has 1 fully saturated rings. The molecule has 1 saturated heterocycles. The molecule has 4 nitrogen and oxygen atoms in total. The molecule has 1 aliphatic heterocycles. The van der Waals surface area contributed by atoms with Crippen molar-refractivity contribution in [2.24, 2.45) is 5.92 Å². The van der Waals surface area contributed by atoms with Gasteiger partial charge in [-0.1, -0.05) is 0 Å². The third-order valence-corrected chi connectivity index (χ3v) is 5.54. The molecule has 1 aromatic rings. The van der Waals surface area contributed by atoms with Gasteiger partial charge in [0.25, 0.3) is 0 Å². The van der Waals surface area contributed by atoms with E-state index >= 15 is 0 Å². The molecule has 0 amide bonds. The Hall–Kier alpha value is -0.790. The van der Waals surface area contributed by atoms with E-state index < -0.39 is 15.8 Å². The predicted octanol–water partition coefficient (Wildman–Crippen LogP) is 2.83. The number of piperidine rings is 1. The van der Waals surface area contributed by atoms with Crippen LogP contribution >= 0.6 is 15.9 Å². The number of carbonyl (C=O) groups is 1. The lowest BCUT2D eigenvalue weighted by Gasteiger charge is -2.30. The van der Waals surface area contributed by atoms with Gasteiger partial charge in [-0.05, 0) is 52.9 Å². The number of nitrogens with zero attached hydrogens (tertiary/aromatic N) is 1. The Morgan fingerprint density at radius 2 is 2.19 bits per heavy atom. The molecule has 0 bridgehead atoms. The van der Waals surface area contributed by atoms with Gasteiger partial charge in [-0.15, -0.1) is 0 Å². The van der Waals surface area contributed by atoms with Crippen molar-refractivity contribution in [3.05, 3.63) is 34.1 Å². The van der Waals surface area contributed by atoms with Crippen LogP contribution in [0, 0.1) is 11.7 Å². The van der Waals surface area contributed by atoms with Crippen molar-refractivity contribution < 1.29 is 17.6 Å². The second-order valence-corrected chi connectivity index (χ2v) is 8.22. The van der Waals surface area contributed by atoms with Crippen LogP contribution in [0.15, 0.2) is 22.7 Å². The lowest BCUT2D eigenvalue weighted by atomic mass is 9.92. The lowest BCUT2D eigenvalue weighted by Crippen LogP contribution is -2.39. The number of sulfonamides is 1. The number of hydrogen-bond donors (Lipinski definition) is 0. The fourth-order valence-corrected chi connectivity index (χ4v) is 3.87. The van der Waals surface area contributed by atoms with Crippen molar-refractivity contribution in [1.29, 1.82) is 0 Å². The van der Waals surface area contributed by atoms with E-state index in [0.717, 1.165) is 12.8 Å². The Bertz CT molecular complexity index is 648. The number of hydrogen-bond acceptors (Lipinski definition) is 3. The highest BCUT2D eigenvalue weighted by molar-refractivity contribution is 9.10. The lowest BCUT2D eigenvalue weighted by molar-refractivity contribution is 0.0942. The summed E-state index contributed by atoms with van der Waals surface area (Å²) in [6, 6.07) is 4.18. The maximum Gasteiger partial charge on any atom is 0.211 e. The third-order valence-electron chi connectivity index (χ3n) is 3.67. The maximum atomic E-state index is 13.2. The van der Waals surface area contributed by atoms with Gasteiger partial charge in [-0.25, -0.2) is 17.1 Å². The molecular formula is C14H17BrFNO3S. The number of Topliss-reactive ketones (excluding diaryl/α,β-unsaturated/α-hetero) is 1. The molecule has 116 valence electrons. The second-order valence-electron chi connectivity index (χ2n) is 5.39. The summed E-state index contributed by atoms with van der Waals surface area (Å²) in [5.74, 6) is -0.478. The number of ketones is 1. The zero-order chi connectivity index (χ0) is 15.6. The first-order valence-electron chi connectivity index (χ1n) is 6.71. The van der Waals surface area contributed by atoms with Crippen LogP contribution in [0.25, 0.3) is 0 Å². The van der Waals surface area contributed by atoms with Gasteiger partial charge in [0.2, 0.25) is 10.0 Å². The predicted molar refractivity (Wildman–Crippen MR) is 82.2 cm³/mol. The summed E-state index contributed by atoms with van der Waals surface area (Å²) in [5, 5.41) is 0. The van der Waals surface area contributed by atoms with Gasteiger partial charge in [0.05, 0.1) is 10.7 Å². The van der Waals surface area contributed by atoms with E-state index in [1.165, 1.54) is 28.8 Å². The highest BCUT2D eigenvalue weighted by Crippen LogP contribution is 2.24. The van der Waals surface area contributed by atoms with Crippen LogP contribution in [0.2, 0.25) is 0 Å². The van der Waals surface area contributed by atoms with Gasteiger partial charge in [0.15, 0.2) is 5.78 Å². The minimum absolute atomic E-state index is 0.0183. The summed E-state index contributed by atoms with van der Waals surface area (Å²) in [5.41, 5.74) is 0.444. The summed E-state index contributed by atoms with van der Waals surface area (Å²) < 4.78 is 38.0. The third kappa shape index (κ3) is 4.34. The first-order valence-corrected chi connectivity index (χ1v) is 9.35. The van der Waals surface area contributed by atoms with Crippen molar-refractivity contribution in [2.75, 3.05) is 19.3 Å². The standard InChI is InChI=1S/C14H17BrFNO3S/c1-21(19,20)17-6-2-3-10(9-17)7-14(18)11-4-5-13(16)12(15)8-11/h4-5,8,10H,2-3,6-7,9H2,1H3. The fraction of sp³-hybridized carbons (Fsp3) is 0.500. The monoisotopic (exact) mass is 377 g/mol. The molecule has 0 aromatic heterocycles. The smallest absolute Gasteiger partial charge is 0.211 e. The van der Waals surface area contributed by atoms with Gasteiger partial charge in [0.1, 0.15) is 5.82 Å². The molecule has 1 aliphatic rings. The van der Waals surface area contributed by atoms with E-state index in [9.17, 15) is 17.6 Å². The van der Waals surface area contributed by atoms with Gasteiger partial charge in [-0.3, -0.25) is 4.79 Å². The molecule has 1 aromatic carbocycles. The van der Waals surface area contributed by atoms with Crippen molar-refractivity contribution in [3.8, 4) is 0 Å². The van der Waals surface area contributed by atoms with Crippen molar-refractivity contribution >= 4 is 31.7 Å². The Morgan fingerprint density at radius 1 is 1.48 bits per heavy atom. The quantitative estimate of drug-likeness (QED) is 0.758. The molecule has 0 spiro atoms. The van der Waals surface area contributed by atoms with Crippen molar-refractivity contribution in [2.45, 2.75) is 19.3 Å². The van der Waals surface area contributed by atoms with Gasteiger partial charge in [-0.2, -0.15) is 0 Å². The first-order chi connectivity index (χ1) is 9.77. The van der Waals surface area contributed by atoms with E-state index in [1.807, 2.05) is 0 Å². The van der Waals surface area contributed by atoms with Crippen LogP contribution in [0.4, 0.5) is 4.39 Å². The van der Waals surface area contributed by atoms with E-state index in [1.54, 1.807) is 0 Å². The van der Waals surface area contributed by atoms with Gasteiger partial charge in [0, 0.05) is 25.1 Å². The SMILES string of the molecule is CS(=O)(=O)N1CCCC(CC(=O)c2ccc(F)c(Br)c2)C1. The Balaban J connectivity index is 2.03. The Kier molecular flexibility index (Phi) is 5.16. The number of halogens is 2. The van der Waals surface area contributed by atoms with Gasteiger partial charge >= 0.3 is 0 Å². The summed E-state index contributed by atoms with van der Waals surface area (Å²) >= 11 is 3.06. The molecule has 1 unspecified atom stereocenters. The molecule has 0 saturated carbocycles. The van der Waals surface area contributed by atoms with Crippen molar-refractivity contribution in [1.82, 2.24) is 4.31 Å². The molecule has 21 heavy (non-hydrogen) atoms. The summed E-state index contributed by atoms with van der Waals surface area (Å²) in [6.45, 7) is 0.901. The highest BCUT2D eigenvalue weighted by atomic mass is 79.9. The topological polar surface area (TPSA) is 54.5 Å². The van der Waals surface area contributed by atoms with E-state index in [4.69, 9.17) is 0 Å². The fourth-order valence-electron chi connectivity index (χ4n) is 2.54. The average molecular weight is 378 g/mol. The maximum absolute atomic E-state index is 13.2. The molecule has 1 heterocycles. The molecule has 0 N–H and O–H groups in total. The van der Waals surface area contributed by atoms with Crippen LogP contribution in [0.5, 0.6) is 0 Å². The normalized spacial score (nSPS) is 20.4. The molecule has 1 atom stereocenters. The van der Waals surface area contributed by atoms with Crippen LogP contribution < -0.4 is 0 Å². The van der Waals surface area contributed by atoms with Crippen molar-refractivity contribution in [3.63, 3.8) is 0 Å². The highest BCUT2D eigenvalue weighted by Gasteiger charge is 2.27. The summed E-state index contributed by atoms with van der Waals surface area (Å²) in [7, 11) is -3.21. The zero-order valence-electron chi connectivity index (χ0n) is 11.7. The molecule has 2 rings (SSSR count). The summed E-state index contributed by atoms with van der Waals surface area (Å²) in [6.07, 6.45) is 3.07. The Morgan fingerprint density at radius 3 is 2.81 bits per heavy atom. The van der Waals surface area contributed by atoms with E-state index in [2.05, 4.69) is 15.9 Å². The number of benzene rings is 1. The average Bonchev–Trinajstić information content (AvgIpc) is 2.41.